The van der Waals surface area contributed by atoms with Crippen LogP contribution in [0.1, 0.15) is 12.0 Å². The standard InChI is InChI=1S/C13H16ClNO4/c1-9-3-4-10(14)11(7-9)19-8-12(16)15(2)6-5-13(17)18/h3-4,7H,5-6,8H2,1-2H3,(H,17,18). The van der Waals surface area contributed by atoms with Gasteiger partial charge in [0.15, 0.2) is 6.61 Å². The van der Waals surface area contributed by atoms with Gasteiger partial charge in [-0.3, -0.25) is 9.59 Å². The van der Waals surface area contributed by atoms with Crippen LogP contribution in [-0.4, -0.2) is 42.1 Å². The van der Waals surface area contributed by atoms with Gasteiger partial charge in [0.2, 0.25) is 0 Å². The number of aliphatic carboxylic acids is 1. The van der Waals surface area contributed by atoms with E-state index < -0.39 is 5.97 Å². The molecule has 1 aromatic rings. The number of aryl methyl sites for hydroxylation is 1. The quantitative estimate of drug-likeness (QED) is 0.868. The minimum atomic E-state index is -0.942. The number of halogens is 1. The summed E-state index contributed by atoms with van der Waals surface area (Å²) < 4.78 is 5.34. The first-order valence-corrected chi connectivity index (χ1v) is 6.12. The van der Waals surface area contributed by atoms with Gasteiger partial charge in [-0.05, 0) is 24.6 Å². The smallest absolute Gasteiger partial charge is 0.305 e. The lowest BCUT2D eigenvalue weighted by Crippen LogP contribution is -2.33. The summed E-state index contributed by atoms with van der Waals surface area (Å²) in [6, 6.07) is 5.29. The number of carbonyl (C=O) groups excluding carboxylic acids is 1. The van der Waals surface area contributed by atoms with E-state index in [9.17, 15) is 9.59 Å². The van der Waals surface area contributed by atoms with Crippen molar-refractivity contribution >= 4 is 23.5 Å². The molecule has 104 valence electrons. The fraction of sp³-hybridized carbons (Fsp3) is 0.385. The van der Waals surface area contributed by atoms with Crippen LogP contribution in [0, 0.1) is 6.92 Å². The predicted octanol–water partition coefficient (Wildman–Crippen LogP) is 1.96. The first-order chi connectivity index (χ1) is 8.90. The Hall–Kier alpha value is -1.75. The molecule has 1 aromatic carbocycles. The summed E-state index contributed by atoms with van der Waals surface area (Å²) in [5.41, 5.74) is 0.978. The number of rotatable bonds is 6. The van der Waals surface area contributed by atoms with E-state index in [0.717, 1.165) is 5.56 Å². The Kier molecular flexibility index (Phi) is 5.63. The van der Waals surface area contributed by atoms with Crippen molar-refractivity contribution in [2.75, 3.05) is 20.2 Å². The molecule has 0 aliphatic rings. The van der Waals surface area contributed by atoms with Gasteiger partial charge in [0, 0.05) is 13.6 Å². The molecule has 0 spiro atoms. The maximum Gasteiger partial charge on any atom is 0.305 e. The van der Waals surface area contributed by atoms with Gasteiger partial charge in [-0.25, -0.2) is 0 Å². The molecular weight excluding hydrogens is 270 g/mol. The Balaban J connectivity index is 2.49. The zero-order valence-corrected chi connectivity index (χ0v) is 11.6. The lowest BCUT2D eigenvalue weighted by atomic mass is 10.2. The summed E-state index contributed by atoms with van der Waals surface area (Å²) in [6.45, 7) is 1.88. The molecule has 0 radical (unpaired) electrons. The van der Waals surface area contributed by atoms with E-state index in [2.05, 4.69) is 0 Å². The van der Waals surface area contributed by atoms with Crippen LogP contribution in [0.25, 0.3) is 0 Å². The first-order valence-electron chi connectivity index (χ1n) is 5.75. The number of benzene rings is 1. The third-order valence-corrected chi connectivity index (χ3v) is 2.84. The van der Waals surface area contributed by atoms with E-state index >= 15 is 0 Å². The van der Waals surface area contributed by atoms with Gasteiger partial charge >= 0.3 is 5.97 Å². The fourth-order valence-electron chi connectivity index (χ4n) is 1.36. The highest BCUT2D eigenvalue weighted by molar-refractivity contribution is 6.32. The molecule has 1 N–H and O–H groups in total. The maximum atomic E-state index is 11.7. The van der Waals surface area contributed by atoms with Crippen molar-refractivity contribution in [2.24, 2.45) is 0 Å². The second kappa shape index (κ2) is 6.99. The van der Waals surface area contributed by atoms with Crippen LogP contribution in [0.4, 0.5) is 0 Å². The molecule has 0 aromatic heterocycles. The van der Waals surface area contributed by atoms with Gasteiger partial charge < -0.3 is 14.7 Å². The number of nitrogens with zero attached hydrogens (tertiary/aromatic N) is 1. The van der Waals surface area contributed by atoms with Gasteiger partial charge in [0.1, 0.15) is 5.75 Å². The van der Waals surface area contributed by atoms with Crippen LogP contribution >= 0.6 is 11.6 Å². The Morgan fingerprint density at radius 1 is 1.42 bits per heavy atom. The molecule has 0 atom stereocenters. The van der Waals surface area contributed by atoms with Gasteiger partial charge in [0.25, 0.3) is 5.91 Å². The number of amides is 1. The largest absolute Gasteiger partial charge is 0.482 e. The van der Waals surface area contributed by atoms with Crippen molar-refractivity contribution < 1.29 is 19.4 Å². The molecule has 0 aliphatic carbocycles. The lowest BCUT2D eigenvalue weighted by molar-refractivity contribution is -0.138. The summed E-state index contributed by atoms with van der Waals surface area (Å²) in [6.07, 6.45) is -0.0898. The minimum absolute atomic E-state index is 0.0898. The first kappa shape index (κ1) is 15.3. The Morgan fingerprint density at radius 3 is 2.74 bits per heavy atom. The molecule has 0 fully saturated rings. The number of carboxylic acids is 1. The second-order valence-corrected chi connectivity index (χ2v) is 4.59. The number of hydrogen-bond acceptors (Lipinski definition) is 3. The zero-order chi connectivity index (χ0) is 14.4. The molecule has 0 unspecified atom stereocenters. The second-order valence-electron chi connectivity index (χ2n) is 4.18. The molecule has 6 heteroatoms. The van der Waals surface area contributed by atoms with E-state index in [1.54, 1.807) is 12.1 Å². The topological polar surface area (TPSA) is 66.8 Å². The molecule has 0 aliphatic heterocycles. The summed E-state index contributed by atoms with van der Waals surface area (Å²) in [5, 5.41) is 8.97. The van der Waals surface area contributed by atoms with Crippen LogP contribution in [-0.2, 0) is 9.59 Å². The monoisotopic (exact) mass is 285 g/mol. The van der Waals surface area contributed by atoms with E-state index in [4.69, 9.17) is 21.4 Å². The molecule has 1 amide bonds. The van der Waals surface area contributed by atoms with E-state index in [1.807, 2.05) is 13.0 Å². The average Bonchev–Trinajstić information content (AvgIpc) is 2.36. The van der Waals surface area contributed by atoms with Crippen molar-refractivity contribution in [1.82, 2.24) is 4.90 Å². The van der Waals surface area contributed by atoms with Crippen LogP contribution in [0.3, 0.4) is 0 Å². The molecule has 0 saturated heterocycles. The van der Waals surface area contributed by atoms with Gasteiger partial charge in [-0.1, -0.05) is 17.7 Å². The fourth-order valence-corrected chi connectivity index (χ4v) is 1.53. The number of likely N-dealkylation sites (N-methyl/N-ethyl adjacent to an activating group) is 1. The summed E-state index contributed by atoms with van der Waals surface area (Å²) >= 11 is 5.93. The normalized spacial score (nSPS) is 10.1. The van der Waals surface area contributed by atoms with Crippen LogP contribution in [0.5, 0.6) is 5.75 Å². The van der Waals surface area contributed by atoms with Crippen molar-refractivity contribution in [3.05, 3.63) is 28.8 Å². The Bertz CT molecular complexity index is 476. The molecule has 0 saturated carbocycles. The van der Waals surface area contributed by atoms with Crippen molar-refractivity contribution in [3.8, 4) is 5.75 Å². The molecular formula is C13H16ClNO4. The van der Waals surface area contributed by atoms with Crippen molar-refractivity contribution in [1.29, 1.82) is 0 Å². The molecule has 0 heterocycles. The highest BCUT2D eigenvalue weighted by Crippen LogP contribution is 2.25. The van der Waals surface area contributed by atoms with Crippen LogP contribution < -0.4 is 4.74 Å². The zero-order valence-electron chi connectivity index (χ0n) is 10.9. The van der Waals surface area contributed by atoms with Gasteiger partial charge in [-0.15, -0.1) is 0 Å². The van der Waals surface area contributed by atoms with Crippen molar-refractivity contribution in [3.63, 3.8) is 0 Å². The van der Waals surface area contributed by atoms with Crippen LogP contribution in [0.2, 0.25) is 5.02 Å². The maximum absolute atomic E-state index is 11.7. The van der Waals surface area contributed by atoms with E-state index in [-0.39, 0.29) is 25.5 Å². The molecule has 1 rings (SSSR count). The number of hydrogen-bond donors (Lipinski definition) is 1. The summed E-state index contributed by atoms with van der Waals surface area (Å²) in [4.78, 5) is 23.4. The van der Waals surface area contributed by atoms with Gasteiger partial charge in [-0.2, -0.15) is 0 Å². The number of carbonyl (C=O) groups is 2. The van der Waals surface area contributed by atoms with Gasteiger partial charge in [0.05, 0.1) is 11.4 Å². The Labute approximate surface area is 116 Å². The highest BCUT2D eigenvalue weighted by atomic mass is 35.5. The minimum Gasteiger partial charge on any atom is -0.482 e. The number of carboxylic acid groups (broad SMARTS) is 1. The van der Waals surface area contributed by atoms with Crippen LogP contribution in [0.15, 0.2) is 18.2 Å². The SMILES string of the molecule is Cc1ccc(Cl)c(OCC(=O)N(C)CCC(=O)O)c1. The highest BCUT2D eigenvalue weighted by Gasteiger charge is 2.12. The average molecular weight is 286 g/mol. The molecule has 19 heavy (non-hydrogen) atoms. The lowest BCUT2D eigenvalue weighted by Gasteiger charge is -2.16. The predicted molar refractivity (Wildman–Crippen MR) is 71.6 cm³/mol. The third-order valence-electron chi connectivity index (χ3n) is 2.52. The summed E-state index contributed by atoms with van der Waals surface area (Å²) in [7, 11) is 1.53. The summed E-state index contributed by atoms with van der Waals surface area (Å²) in [5.74, 6) is -0.789. The van der Waals surface area contributed by atoms with E-state index in [1.165, 1.54) is 11.9 Å². The molecule has 5 nitrogen and oxygen atoms in total. The Morgan fingerprint density at radius 2 is 2.11 bits per heavy atom. The molecule has 0 bridgehead atoms. The third kappa shape index (κ3) is 5.18. The number of ether oxygens (including phenoxy) is 1. The van der Waals surface area contributed by atoms with Crippen molar-refractivity contribution in [2.45, 2.75) is 13.3 Å². The van der Waals surface area contributed by atoms with E-state index in [0.29, 0.717) is 10.8 Å².